The average Bonchev–Trinajstić information content (AvgIpc) is 2.37. The Morgan fingerprint density at radius 1 is 1.24 bits per heavy atom. The van der Waals surface area contributed by atoms with E-state index in [9.17, 15) is 5.26 Å². The normalized spacial score (nSPS) is 11.9. The molecule has 0 spiro atoms. The van der Waals surface area contributed by atoms with E-state index in [1.165, 1.54) is 0 Å². The molecule has 0 aromatic carbocycles. The zero-order valence-corrected chi connectivity index (χ0v) is 10.9. The number of aromatic nitrogens is 2. The Kier molecular flexibility index (Phi) is 4.89. The highest BCUT2D eigenvalue weighted by Crippen LogP contribution is 2.22. The second-order valence-electron chi connectivity index (χ2n) is 3.96. The van der Waals surface area contributed by atoms with Crippen molar-refractivity contribution in [3.05, 3.63) is 16.8 Å². The summed E-state index contributed by atoms with van der Waals surface area (Å²) >= 11 is 0. The van der Waals surface area contributed by atoms with Gasteiger partial charge < -0.3 is 4.74 Å². The Bertz CT molecular complexity index is 423. The fourth-order valence-electron chi connectivity index (χ4n) is 1.63. The number of ether oxygens (including phenoxy) is 1. The quantitative estimate of drug-likeness (QED) is 0.784. The lowest BCUT2D eigenvalue weighted by Gasteiger charge is -2.14. The van der Waals surface area contributed by atoms with Crippen LogP contribution in [-0.4, -0.2) is 16.3 Å². The van der Waals surface area contributed by atoms with Crippen LogP contribution in [0.3, 0.4) is 0 Å². The van der Waals surface area contributed by atoms with E-state index < -0.39 is 0 Å². The van der Waals surface area contributed by atoms with Gasteiger partial charge in [-0.3, -0.25) is 0 Å². The monoisotopic (exact) mass is 233 g/mol. The summed E-state index contributed by atoms with van der Waals surface area (Å²) in [6.45, 7) is 8.02. The first-order chi connectivity index (χ1) is 8.17. The minimum atomic E-state index is 0.0496. The molecule has 1 heterocycles. The highest BCUT2D eigenvalue weighted by atomic mass is 16.5. The van der Waals surface area contributed by atoms with E-state index >= 15 is 0 Å². The smallest absolute Gasteiger partial charge is 0.252 e. The van der Waals surface area contributed by atoms with E-state index in [1.54, 1.807) is 0 Å². The molecule has 0 aliphatic rings. The molecule has 0 bridgehead atoms. The van der Waals surface area contributed by atoms with Crippen LogP contribution in [-0.2, 0) is 12.8 Å². The van der Waals surface area contributed by atoms with Crippen LogP contribution in [0.5, 0.6) is 5.88 Å². The van der Waals surface area contributed by atoms with Gasteiger partial charge in [-0.15, -0.1) is 5.10 Å². The highest BCUT2D eigenvalue weighted by Gasteiger charge is 2.16. The summed E-state index contributed by atoms with van der Waals surface area (Å²) in [5.74, 6) is 0.371. The van der Waals surface area contributed by atoms with Crippen molar-refractivity contribution in [2.45, 2.75) is 53.1 Å². The Morgan fingerprint density at radius 3 is 2.41 bits per heavy atom. The minimum Gasteiger partial charge on any atom is -0.473 e. The summed E-state index contributed by atoms with van der Waals surface area (Å²) in [5.41, 5.74) is 2.39. The summed E-state index contributed by atoms with van der Waals surface area (Å²) < 4.78 is 5.63. The molecule has 0 N–H and O–H groups in total. The molecular formula is C13H19N3O. The van der Waals surface area contributed by atoms with Gasteiger partial charge in [0.15, 0.2) is 0 Å². The Morgan fingerprint density at radius 2 is 1.94 bits per heavy atom. The number of nitrogens with zero attached hydrogens (tertiary/aromatic N) is 3. The largest absolute Gasteiger partial charge is 0.473 e. The molecule has 1 aromatic rings. The minimum absolute atomic E-state index is 0.0496. The molecule has 0 saturated carbocycles. The lowest BCUT2D eigenvalue weighted by atomic mass is 10.0. The summed E-state index contributed by atoms with van der Waals surface area (Å²) in [6, 6.07) is 2.19. The third-order valence-corrected chi connectivity index (χ3v) is 2.81. The van der Waals surface area contributed by atoms with Crippen LogP contribution in [0.1, 0.15) is 50.9 Å². The number of hydrogen-bond acceptors (Lipinski definition) is 4. The third kappa shape index (κ3) is 2.94. The number of hydrogen-bond donors (Lipinski definition) is 0. The molecule has 4 heteroatoms. The highest BCUT2D eigenvalue weighted by molar-refractivity contribution is 5.46. The Hall–Kier alpha value is -1.63. The molecule has 92 valence electrons. The predicted octanol–water partition coefficient (Wildman–Crippen LogP) is 2.65. The van der Waals surface area contributed by atoms with E-state index in [-0.39, 0.29) is 6.10 Å². The first kappa shape index (κ1) is 13.4. The van der Waals surface area contributed by atoms with Gasteiger partial charge in [0.25, 0.3) is 5.88 Å². The number of aryl methyl sites for hydroxylation is 1. The maximum absolute atomic E-state index is 9.24. The molecule has 0 fully saturated rings. The standard InChI is InChI=1S/C13H19N3O/c1-5-9(4)17-13-11(8-14)10(6-2)12(7-3)15-16-13/h9H,5-7H2,1-4H3. The van der Waals surface area contributed by atoms with Crippen LogP contribution in [0, 0.1) is 11.3 Å². The lowest BCUT2D eigenvalue weighted by molar-refractivity contribution is 0.205. The topological polar surface area (TPSA) is 58.8 Å². The molecular weight excluding hydrogens is 214 g/mol. The van der Waals surface area contributed by atoms with Gasteiger partial charge in [0, 0.05) is 0 Å². The van der Waals surface area contributed by atoms with Crippen molar-refractivity contribution in [3.8, 4) is 11.9 Å². The molecule has 0 aliphatic carbocycles. The molecule has 0 radical (unpaired) electrons. The van der Waals surface area contributed by atoms with Crippen LogP contribution < -0.4 is 4.74 Å². The van der Waals surface area contributed by atoms with E-state index in [0.29, 0.717) is 11.4 Å². The molecule has 1 atom stereocenters. The summed E-state index contributed by atoms with van der Waals surface area (Å²) in [7, 11) is 0. The maximum Gasteiger partial charge on any atom is 0.252 e. The fourth-order valence-corrected chi connectivity index (χ4v) is 1.63. The lowest BCUT2D eigenvalue weighted by Crippen LogP contribution is -2.14. The molecule has 1 unspecified atom stereocenters. The summed E-state index contributed by atoms with van der Waals surface area (Å²) in [6.07, 6.45) is 2.49. The second kappa shape index (κ2) is 6.19. The number of nitriles is 1. The molecule has 1 rings (SSSR count). The Balaban J connectivity index is 3.20. The molecule has 0 aliphatic heterocycles. The maximum atomic E-state index is 9.24. The Labute approximate surface area is 103 Å². The van der Waals surface area contributed by atoms with E-state index in [0.717, 1.165) is 30.5 Å². The molecule has 1 aromatic heterocycles. The third-order valence-electron chi connectivity index (χ3n) is 2.81. The van der Waals surface area contributed by atoms with E-state index in [4.69, 9.17) is 4.74 Å². The van der Waals surface area contributed by atoms with Gasteiger partial charge in [-0.05, 0) is 31.7 Å². The molecule has 0 amide bonds. The van der Waals surface area contributed by atoms with Crippen LogP contribution in [0.2, 0.25) is 0 Å². The van der Waals surface area contributed by atoms with Crippen molar-refractivity contribution in [1.82, 2.24) is 10.2 Å². The summed E-state index contributed by atoms with van der Waals surface area (Å²) in [5, 5.41) is 17.4. The first-order valence-electron chi connectivity index (χ1n) is 6.12. The van der Waals surface area contributed by atoms with Crippen molar-refractivity contribution in [2.75, 3.05) is 0 Å². The van der Waals surface area contributed by atoms with Gasteiger partial charge in [-0.25, -0.2) is 0 Å². The van der Waals surface area contributed by atoms with Gasteiger partial charge in [0.05, 0.1) is 11.8 Å². The van der Waals surface area contributed by atoms with Crippen molar-refractivity contribution >= 4 is 0 Å². The van der Waals surface area contributed by atoms with Crippen molar-refractivity contribution in [3.63, 3.8) is 0 Å². The SMILES string of the molecule is CCc1nnc(OC(C)CC)c(C#N)c1CC. The zero-order chi connectivity index (χ0) is 12.8. The van der Waals surface area contributed by atoms with Crippen LogP contribution >= 0.6 is 0 Å². The zero-order valence-electron chi connectivity index (χ0n) is 10.9. The van der Waals surface area contributed by atoms with Gasteiger partial charge in [0.1, 0.15) is 11.6 Å². The molecule has 17 heavy (non-hydrogen) atoms. The average molecular weight is 233 g/mol. The van der Waals surface area contributed by atoms with Gasteiger partial charge in [-0.2, -0.15) is 10.4 Å². The van der Waals surface area contributed by atoms with Crippen LogP contribution in [0.25, 0.3) is 0 Å². The van der Waals surface area contributed by atoms with Gasteiger partial charge in [0.2, 0.25) is 0 Å². The first-order valence-corrected chi connectivity index (χ1v) is 6.12. The molecule has 0 saturated heterocycles. The van der Waals surface area contributed by atoms with Gasteiger partial charge in [-0.1, -0.05) is 20.8 Å². The predicted molar refractivity (Wildman–Crippen MR) is 65.9 cm³/mol. The summed E-state index contributed by atoms with van der Waals surface area (Å²) in [4.78, 5) is 0. The second-order valence-corrected chi connectivity index (χ2v) is 3.96. The van der Waals surface area contributed by atoms with Crippen molar-refractivity contribution in [1.29, 1.82) is 5.26 Å². The van der Waals surface area contributed by atoms with Crippen LogP contribution in [0.15, 0.2) is 0 Å². The number of rotatable bonds is 5. The van der Waals surface area contributed by atoms with E-state index in [2.05, 4.69) is 16.3 Å². The van der Waals surface area contributed by atoms with Crippen molar-refractivity contribution < 1.29 is 4.74 Å². The van der Waals surface area contributed by atoms with Crippen LogP contribution in [0.4, 0.5) is 0 Å². The molecule has 4 nitrogen and oxygen atoms in total. The van der Waals surface area contributed by atoms with E-state index in [1.807, 2.05) is 27.7 Å². The fraction of sp³-hybridized carbons (Fsp3) is 0.615. The van der Waals surface area contributed by atoms with Gasteiger partial charge >= 0.3 is 0 Å². The van der Waals surface area contributed by atoms with Crippen molar-refractivity contribution in [2.24, 2.45) is 0 Å².